The van der Waals surface area contributed by atoms with Crippen molar-refractivity contribution in [2.24, 2.45) is 0 Å². The predicted octanol–water partition coefficient (Wildman–Crippen LogP) is 4.76. The zero-order valence-electron chi connectivity index (χ0n) is 19.9. The minimum absolute atomic E-state index is 0.231. The summed E-state index contributed by atoms with van der Waals surface area (Å²) in [6, 6.07) is 20.2. The molecule has 3 aromatic rings. The Morgan fingerprint density at radius 1 is 0.943 bits per heavy atom. The van der Waals surface area contributed by atoms with Crippen LogP contribution in [0.4, 0.5) is 17.1 Å². The molecule has 8 nitrogen and oxygen atoms in total. The fraction of sp³-hybridized carbons (Fsp3) is 0.259. The Bertz CT molecular complexity index is 1180. The number of hydrogen-bond acceptors (Lipinski definition) is 6. The van der Waals surface area contributed by atoms with E-state index in [4.69, 9.17) is 20.9 Å². The number of amides is 1. The minimum Gasteiger partial charge on any atom is -0.493 e. The van der Waals surface area contributed by atoms with Gasteiger partial charge in [-0.05, 0) is 48.0 Å². The van der Waals surface area contributed by atoms with Crippen LogP contribution in [-0.4, -0.2) is 51.4 Å². The smallest absolute Gasteiger partial charge is 0.255 e. The SMILES string of the molecule is [C-]#[N+]c1ccc(COc2ccc(C(=O)Nc3ccc(N4CCN(OC)CC4)cc3)cc2OC)cc1. The van der Waals surface area contributed by atoms with Crippen LogP contribution in [0.2, 0.25) is 0 Å². The molecule has 4 rings (SSSR count). The molecule has 1 aliphatic rings. The van der Waals surface area contributed by atoms with Gasteiger partial charge in [-0.2, -0.15) is 5.06 Å². The van der Waals surface area contributed by atoms with E-state index in [2.05, 4.69) is 15.1 Å². The first kappa shape index (κ1) is 24.1. The van der Waals surface area contributed by atoms with Crippen molar-refractivity contribution in [3.63, 3.8) is 0 Å². The highest BCUT2D eigenvalue weighted by atomic mass is 16.7. The van der Waals surface area contributed by atoms with Crippen molar-refractivity contribution in [3.05, 3.63) is 89.3 Å². The molecule has 0 saturated carbocycles. The highest BCUT2D eigenvalue weighted by molar-refractivity contribution is 6.04. The van der Waals surface area contributed by atoms with Gasteiger partial charge in [0.15, 0.2) is 17.2 Å². The van der Waals surface area contributed by atoms with Crippen molar-refractivity contribution >= 4 is 23.0 Å². The van der Waals surface area contributed by atoms with Crippen LogP contribution in [0, 0.1) is 6.57 Å². The fourth-order valence-electron chi connectivity index (χ4n) is 3.84. The molecule has 1 fully saturated rings. The van der Waals surface area contributed by atoms with Gasteiger partial charge in [0.1, 0.15) is 6.61 Å². The number of rotatable bonds is 8. The lowest BCUT2D eigenvalue weighted by atomic mass is 10.1. The van der Waals surface area contributed by atoms with Crippen LogP contribution in [0.15, 0.2) is 66.7 Å². The molecule has 1 N–H and O–H groups in total. The largest absolute Gasteiger partial charge is 0.493 e. The summed E-state index contributed by atoms with van der Waals surface area (Å²) in [6.45, 7) is 10.8. The number of anilines is 2. The Kier molecular flexibility index (Phi) is 7.83. The standard InChI is InChI=1S/C27H28N4O4/c1-28-22-7-4-20(5-8-22)19-35-25-13-6-21(18-26(25)33-2)27(32)29-23-9-11-24(12-10-23)30-14-16-31(34-3)17-15-30/h4-13,18H,14-17,19H2,2-3H3,(H,29,32). The molecule has 1 aliphatic heterocycles. The topological polar surface area (TPSA) is 67.6 Å². The van der Waals surface area contributed by atoms with E-state index in [0.29, 0.717) is 29.4 Å². The molecule has 0 aliphatic carbocycles. The first-order chi connectivity index (χ1) is 17.1. The minimum atomic E-state index is -0.231. The highest BCUT2D eigenvalue weighted by Crippen LogP contribution is 2.29. The first-order valence-corrected chi connectivity index (χ1v) is 11.3. The van der Waals surface area contributed by atoms with Crippen LogP contribution < -0.4 is 19.7 Å². The van der Waals surface area contributed by atoms with Gasteiger partial charge in [0.05, 0.1) is 20.8 Å². The third-order valence-corrected chi connectivity index (χ3v) is 5.87. The lowest BCUT2D eigenvalue weighted by Crippen LogP contribution is -2.45. The van der Waals surface area contributed by atoms with Crippen LogP contribution in [0.1, 0.15) is 15.9 Å². The summed E-state index contributed by atoms with van der Waals surface area (Å²) in [7, 11) is 3.24. The quantitative estimate of drug-likeness (QED) is 0.477. The van der Waals surface area contributed by atoms with E-state index in [1.807, 2.05) is 41.5 Å². The van der Waals surface area contributed by atoms with E-state index in [-0.39, 0.29) is 5.91 Å². The summed E-state index contributed by atoms with van der Waals surface area (Å²) in [5, 5.41) is 4.89. The van der Waals surface area contributed by atoms with E-state index in [1.165, 1.54) is 0 Å². The number of carbonyl (C=O) groups excluding carboxylic acids is 1. The Hall–Kier alpha value is -4.06. The second-order valence-electron chi connectivity index (χ2n) is 8.03. The molecule has 0 unspecified atom stereocenters. The second kappa shape index (κ2) is 11.4. The van der Waals surface area contributed by atoms with Gasteiger partial charge in [0.25, 0.3) is 5.91 Å². The maximum atomic E-state index is 12.8. The van der Waals surface area contributed by atoms with Crippen LogP contribution in [0.3, 0.4) is 0 Å². The molecular formula is C27H28N4O4. The first-order valence-electron chi connectivity index (χ1n) is 11.3. The van der Waals surface area contributed by atoms with Crippen molar-refractivity contribution in [2.75, 3.05) is 50.6 Å². The average molecular weight is 473 g/mol. The van der Waals surface area contributed by atoms with Gasteiger partial charge >= 0.3 is 0 Å². The Morgan fingerprint density at radius 2 is 1.66 bits per heavy atom. The number of hydrogen-bond donors (Lipinski definition) is 1. The zero-order valence-corrected chi connectivity index (χ0v) is 19.9. The highest BCUT2D eigenvalue weighted by Gasteiger charge is 2.17. The van der Waals surface area contributed by atoms with E-state index >= 15 is 0 Å². The number of nitrogens with one attached hydrogen (secondary N) is 1. The maximum Gasteiger partial charge on any atom is 0.255 e. The lowest BCUT2D eigenvalue weighted by Gasteiger charge is -2.34. The molecule has 1 heterocycles. The number of carbonyl (C=O) groups is 1. The van der Waals surface area contributed by atoms with E-state index in [0.717, 1.165) is 43.1 Å². The maximum absolute atomic E-state index is 12.8. The van der Waals surface area contributed by atoms with Crippen LogP contribution in [0.5, 0.6) is 11.5 Å². The number of nitrogens with zero attached hydrogens (tertiary/aromatic N) is 3. The average Bonchev–Trinajstić information content (AvgIpc) is 2.92. The van der Waals surface area contributed by atoms with E-state index in [9.17, 15) is 4.79 Å². The molecule has 8 heteroatoms. The van der Waals surface area contributed by atoms with Crippen molar-refractivity contribution in [2.45, 2.75) is 6.61 Å². The Morgan fingerprint density at radius 3 is 2.29 bits per heavy atom. The van der Waals surface area contributed by atoms with Gasteiger partial charge in [0, 0.05) is 43.1 Å². The monoisotopic (exact) mass is 472 g/mol. The molecule has 0 atom stereocenters. The van der Waals surface area contributed by atoms with E-state index < -0.39 is 0 Å². The van der Waals surface area contributed by atoms with Gasteiger partial charge < -0.3 is 24.5 Å². The van der Waals surface area contributed by atoms with Gasteiger partial charge in [-0.1, -0.05) is 24.3 Å². The molecule has 0 radical (unpaired) electrons. The van der Waals surface area contributed by atoms with Gasteiger partial charge in [-0.25, -0.2) is 4.85 Å². The normalized spacial score (nSPS) is 13.7. The summed E-state index contributed by atoms with van der Waals surface area (Å²) in [5.41, 5.74) is 3.82. The number of ether oxygens (including phenoxy) is 2. The number of hydroxylamine groups is 2. The third kappa shape index (κ3) is 6.09. The molecule has 1 saturated heterocycles. The molecule has 0 bridgehead atoms. The molecule has 0 spiro atoms. The zero-order chi connectivity index (χ0) is 24.6. The number of benzene rings is 3. The molecular weight excluding hydrogens is 444 g/mol. The summed E-state index contributed by atoms with van der Waals surface area (Å²) < 4.78 is 11.3. The van der Waals surface area contributed by atoms with Gasteiger partial charge in [-0.3, -0.25) is 4.79 Å². The number of methoxy groups -OCH3 is 1. The van der Waals surface area contributed by atoms with Crippen LogP contribution >= 0.6 is 0 Å². The summed E-state index contributed by atoms with van der Waals surface area (Å²) in [6.07, 6.45) is 0. The Balaban J connectivity index is 1.36. The number of piperazine rings is 1. The fourth-order valence-corrected chi connectivity index (χ4v) is 3.84. The molecule has 180 valence electrons. The van der Waals surface area contributed by atoms with Crippen molar-refractivity contribution < 1.29 is 19.1 Å². The van der Waals surface area contributed by atoms with Crippen LogP contribution in [0.25, 0.3) is 4.85 Å². The summed E-state index contributed by atoms with van der Waals surface area (Å²) in [5.74, 6) is 0.781. The van der Waals surface area contributed by atoms with Crippen molar-refractivity contribution in [1.82, 2.24) is 5.06 Å². The third-order valence-electron chi connectivity index (χ3n) is 5.87. The van der Waals surface area contributed by atoms with Crippen molar-refractivity contribution in [1.29, 1.82) is 0 Å². The summed E-state index contributed by atoms with van der Waals surface area (Å²) >= 11 is 0. The van der Waals surface area contributed by atoms with Gasteiger partial charge in [0.2, 0.25) is 0 Å². The lowest BCUT2D eigenvalue weighted by molar-refractivity contribution is -0.133. The second-order valence-corrected chi connectivity index (χ2v) is 8.03. The molecule has 35 heavy (non-hydrogen) atoms. The van der Waals surface area contributed by atoms with Gasteiger partial charge in [-0.15, -0.1) is 0 Å². The van der Waals surface area contributed by atoms with Crippen LogP contribution in [-0.2, 0) is 11.4 Å². The molecule has 0 aromatic heterocycles. The molecule has 1 amide bonds. The van der Waals surface area contributed by atoms with E-state index in [1.54, 1.807) is 44.6 Å². The van der Waals surface area contributed by atoms with Crippen molar-refractivity contribution in [3.8, 4) is 11.5 Å². The molecule has 3 aromatic carbocycles. The Labute approximate surface area is 205 Å². The predicted molar refractivity (Wildman–Crippen MR) is 135 cm³/mol. The summed E-state index contributed by atoms with van der Waals surface area (Å²) in [4.78, 5) is 23.8.